The molecule has 0 unspecified atom stereocenters. The molecule has 132 valence electrons. The Labute approximate surface area is 155 Å². The molecule has 1 aliphatic rings. The lowest BCUT2D eigenvalue weighted by molar-refractivity contribution is -0.120. The van der Waals surface area contributed by atoms with Crippen LogP contribution in [0.4, 0.5) is 11.4 Å². The van der Waals surface area contributed by atoms with E-state index in [1.165, 1.54) is 14.0 Å². The van der Waals surface area contributed by atoms with Crippen molar-refractivity contribution in [3.8, 4) is 5.75 Å². The number of hydrogen-bond acceptors (Lipinski definition) is 4. The Bertz CT molecular complexity index is 935. The van der Waals surface area contributed by atoms with E-state index >= 15 is 0 Å². The number of ether oxygens (including phenoxy) is 1. The first-order chi connectivity index (χ1) is 12.4. The molecule has 1 heterocycles. The number of rotatable bonds is 4. The number of para-hydroxylation sites is 2. The molecular weight excluding hydrogens is 356 g/mol. The predicted molar refractivity (Wildman–Crippen MR) is 99.0 cm³/mol. The van der Waals surface area contributed by atoms with Crippen LogP contribution in [-0.2, 0) is 14.4 Å². The molecule has 26 heavy (non-hydrogen) atoms. The fourth-order valence-electron chi connectivity index (χ4n) is 2.71. The average molecular weight is 371 g/mol. The second kappa shape index (κ2) is 7.01. The van der Waals surface area contributed by atoms with E-state index in [0.29, 0.717) is 22.7 Å². The van der Waals surface area contributed by atoms with Crippen LogP contribution in [0.1, 0.15) is 12.5 Å². The van der Waals surface area contributed by atoms with Crippen molar-refractivity contribution in [3.05, 3.63) is 59.1 Å². The molecule has 6 nitrogen and oxygen atoms in total. The van der Waals surface area contributed by atoms with E-state index in [1.54, 1.807) is 48.5 Å². The van der Waals surface area contributed by atoms with E-state index in [1.807, 2.05) is 0 Å². The van der Waals surface area contributed by atoms with Crippen LogP contribution < -0.4 is 15.0 Å². The van der Waals surface area contributed by atoms with Gasteiger partial charge in [-0.25, -0.2) is 4.90 Å². The van der Waals surface area contributed by atoms with Gasteiger partial charge < -0.3 is 10.1 Å². The van der Waals surface area contributed by atoms with Gasteiger partial charge in [-0.3, -0.25) is 14.4 Å². The first kappa shape index (κ1) is 17.7. The normalized spacial score (nSPS) is 14.0. The average Bonchev–Trinajstić information content (AvgIpc) is 2.84. The molecule has 2 aromatic carbocycles. The Hall–Kier alpha value is -3.12. The summed E-state index contributed by atoms with van der Waals surface area (Å²) in [6.07, 6.45) is 0. The van der Waals surface area contributed by atoms with Gasteiger partial charge in [0.15, 0.2) is 0 Å². The Kier molecular flexibility index (Phi) is 4.77. The van der Waals surface area contributed by atoms with Crippen molar-refractivity contribution in [1.82, 2.24) is 0 Å². The maximum absolute atomic E-state index is 12.9. The summed E-state index contributed by atoms with van der Waals surface area (Å²) in [5.74, 6) is -0.954. The lowest BCUT2D eigenvalue weighted by atomic mass is 10.1. The lowest BCUT2D eigenvalue weighted by Crippen LogP contribution is -2.31. The highest BCUT2D eigenvalue weighted by molar-refractivity contribution is 6.60. The number of nitrogens with zero attached hydrogens (tertiary/aromatic N) is 1. The standard InChI is InChI=1S/C19H15ClN2O4/c1-11(23)21-13-9-7-12(8-10-13)16-17(20)19(25)22(18(16)24)14-5-3-4-6-15(14)26-2/h3-10H,1-2H3,(H,21,23). The zero-order valence-corrected chi connectivity index (χ0v) is 14.8. The van der Waals surface area contributed by atoms with Crippen molar-refractivity contribution in [1.29, 1.82) is 0 Å². The van der Waals surface area contributed by atoms with Gasteiger partial charge in [-0.2, -0.15) is 0 Å². The van der Waals surface area contributed by atoms with E-state index in [-0.39, 0.29) is 16.5 Å². The molecule has 1 aliphatic heterocycles. The first-order valence-corrected chi connectivity index (χ1v) is 8.11. The van der Waals surface area contributed by atoms with Crippen molar-refractivity contribution in [3.63, 3.8) is 0 Å². The van der Waals surface area contributed by atoms with E-state index < -0.39 is 11.8 Å². The van der Waals surface area contributed by atoms with E-state index in [2.05, 4.69) is 5.32 Å². The summed E-state index contributed by atoms with van der Waals surface area (Å²) >= 11 is 6.18. The van der Waals surface area contributed by atoms with Crippen LogP contribution in [0, 0.1) is 0 Å². The first-order valence-electron chi connectivity index (χ1n) is 7.73. The van der Waals surface area contributed by atoms with Crippen LogP contribution in [0.15, 0.2) is 53.6 Å². The number of amides is 3. The number of imide groups is 1. The lowest BCUT2D eigenvalue weighted by Gasteiger charge is -2.17. The minimum Gasteiger partial charge on any atom is -0.495 e. The summed E-state index contributed by atoms with van der Waals surface area (Å²) in [6, 6.07) is 13.2. The topological polar surface area (TPSA) is 75.7 Å². The molecule has 0 saturated heterocycles. The van der Waals surface area contributed by atoms with Crippen molar-refractivity contribution in [2.24, 2.45) is 0 Å². The second-order valence-electron chi connectivity index (χ2n) is 5.57. The van der Waals surface area contributed by atoms with Gasteiger partial charge >= 0.3 is 0 Å². The van der Waals surface area contributed by atoms with Gasteiger partial charge in [0.25, 0.3) is 11.8 Å². The predicted octanol–water partition coefficient (Wildman–Crippen LogP) is 3.18. The van der Waals surface area contributed by atoms with E-state index in [9.17, 15) is 14.4 Å². The molecule has 0 saturated carbocycles. The Morgan fingerprint density at radius 3 is 2.31 bits per heavy atom. The molecule has 0 aromatic heterocycles. The number of methoxy groups -OCH3 is 1. The fourth-order valence-corrected chi connectivity index (χ4v) is 2.98. The summed E-state index contributed by atoms with van der Waals surface area (Å²) in [7, 11) is 1.46. The van der Waals surface area contributed by atoms with Gasteiger partial charge in [0.05, 0.1) is 18.4 Å². The number of benzene rings is 2. The molecule has 0 atom stereocenters. The Morgan fingerprint density at radius 2 is 1.69 bits per heavy atom. The van der Waals surface area contributed by atoms with Crippen molar-refractivity contribution < 1.29 is 19.1 Å². The highest BCUT2D eigenvalue weighted by Gasteiger charge is 2.40. The summed E-state index contributed by atoms with van der Waals surface area (Å²) < 4.78 is 5.24. The number of carbonyl (C=O) groups excluding carboxylic acids is 3. The van der Waals surface area contributed by atoms with E-state index in [0.717, 1.165) is 4.90 Å². The fraction of sp³-hybridized carbons (Fsp3) is 0.105. The molecule has 1 N–H and O–H groups in total. The SMILES string of the molecule is COc1ccccc1N1C(=O)C(Cl)=C(c2ccc(NC(C)=O)cc2)C1=O. The van der Waals surface area contributed by atoms with Crippen LogP contribution in [0.25, 0.3) is 5.57 Å². The minimum atomic E-state index is -0.609. The van der Waals surface area contributed by atoms with Gasteiger partial charge in [-0.05, 0) is 29.8 Å². The van der Waals surface area contributed by atoms with Crippen molar-refractivity contribution in [2.75, 3.05) is 17.3 Å². The Balaban J connectivity index is 1.98. The van der Waals surface area contributed by atoms with Crippen molar-refractivity contribution in [2.45, 2.75) is 6.92 Å². The summed E-state index contributed by atoms with van der Waals surface area (Å²) in [5, 5.41) is 2.48. The van der Waals surface area contributed by atoms with Crippen LogP contribution in [0.5, 0.6) is 5.75 Å². The number of anilines is 2. The molecule has 3 amide bonds. The van der Waals surface area contributed by atoms with E-state index in [4.69, 9.17) is 16.3 Å². The smallest absolute Gasteiger partial charge is 0.277 e. The molecular formula is C19H15ClN2O4. The summed E-state index contributed by atoms with van der Waals surface area (Å²) in [4.78, 5) is 37.6. The minimum absolute atomic E-state index is 0.108. The number of carbonyl (C=O) groups is 3. The van der Waals surface area contributed by atoms with Gasteiger partial charge in [-0.15, -0.1) is 0 Å². The molecule has 7 heteroatoms. The third kappa shape index (κ3) is 3.07. The van der Waals surface area contributed by atoms with Crippen molar-refractivity contribution >= 4 is 46.3 Å². The molecule has 3 rings (SSSR count). The maximum Gasteiger partial charge on any atom is 0.277 e. The highest BCUT2D eigenvalue weighted by Crippen LogP contribution is 2.38. The third-order valence-corrected chi connectivity index (χ3v) is 4.20. The quantitative estimate of drug-likeness (QED) is 0.839. The van der Waals surface area contributed by atoms with Gasteiger partial charge in [0, 0.05) is 12.6 Å². The number of nitrogens with one attached hydrogen (secondary N) is 1. The number of hydrogen-bond donors (Lipinski definition) is 1. The molecule has 2 aromatic rings. The second-order valence-corrected chi connectivity index (χ2v) is 5.94. The molecule has 0 aliphatic carbocycles. The molecule has 0 bridgehead atoms. The van der Waals surface area contributed by atoms with Gasteiger partial charge in [0.1, 0.15) is 10.8 Å². The van der Waals surface area contributed by atoms with Crippen LogP contribution in [-0.4, -0.2) is 24.8 Å². The highest BCUT2D eigenvalue weighted by atomic mass is 35.5. The maximum atomic E-state index is 12.9. The zero-order valence-electron chi connectivity index (χ0n) is 14.1. The Morgan fingerprint density at radius 1 is 1.04 bits per heavy atom. The van der Waals surface area contributed by atoms with Crippen LogP contribution in [0.3, 0.4) is 0 Å². The molecule has 0 fully saturated rings. The molecule has 0 spiro atoms. The summed E-state index contributed by atoms with van der Waals surface area (Å²) in [6.45, 7) is 1.40. The van der Waals surface area contributed by atoms with Crippen LogP contribution in [0.2, 0.25) is 0 Å². The zero-order chi connectivity index (χ0) is 18.8. The monoisotopic (exact) mass is 370 g/mol. The van der Waals surface area contributed by atoms with Crippen LogP contribution >= 0.6 is 11.6 Å². The summed E-state index contributed by atoms with van der Waals surface area (Å²) in [5.41, 5.74) is 1.50. The third-order valence-electron chi connectivity index (χ3n) is 3.85. The van der Waals surface area contributed by atoms with Gasteiger partial charge in [-0.1, -0.05) is 35.9 Å². The number of halogens is 1. The largest absolute Gasteiger partial charge is 0.495 e. The van der Waals surface area contributed by atoms with Gasteiger partial charge in [0.2, 0.25) is 5.91 Å². The molecule has 0 radical (unpaired) electrons.